The van der Waals surface area contributed by atoms with Crippen LogP contribution in [0.5, 0.6) is 0 Å². The average Bonchev–Trinajstić information content (AvgIpc) is 3.04. The Labute approximate surface area is 133 Å². The number of rotatable bonds is 3. The van der Waals surface area contributed by atoms with Gasteiger partial charge in [0.25, 0.3) is 5.91 Å². The van der Waals surface area contributed by atoms with Gasteiger partial charge in [0, 0.05) is 16.0 Å². The second-order valence-corrected chi connectivity index (χ2v) is 6.70. The summed E-state index contributed by atoms with van der Waals surface area (Å²) in [6.07, 6.45) is 1.90. The van der Waals surface area contributed by atoms with E-state index < -0.39 is 0 Å². The van der Waals surface area contributed by atoms with Gasteiger partial charge in [0.05, 0.1) is 0 Å². The molecule has 0 saturated heterocycles. The number of thioether (sulfide) groups is 1. The number of hydrogen-bond acceptors (Lipinski definition) is 6. The Hall–Kier alpha value is -1.57. The summed E-state index contributed by atoms with van der Waals surface area (Å²) >= 11 is 8.76. The van der Waals surface area contributed by atoms with E-state index in [1.54, 1.807) is 18.2 Å². The maximum absolute atomic E-state index is 12.3. The van der Waals surface area contributed by atoms with Gasteiger partial charge in [-0.25, -0.2) is 0 Å². The number of fused-ring (bicyclic) bond motifs is 1. The molecule has 1 amide bonds. The zero-order valence-corrected chi connectivity index (χ0v) is 13.5. The third-order valence-electron chi connectivity index (χ3n) is 2.91. The van der Waals surface area contributed by atoms with Gasteiger partial charge in [0.2, 0.25) is 5.13 Å². The van der Waals surface area contributed by atoms with Crippen LogP contribution >= 0.6 is 34.7 Å². The van der Waals surface area contributed by atoms with Crippen LogP contribution in [-0.2, 0) is 0 Å². The van der Waals surface area contributed by atoms with Crippen LogP contribution < -0.4 is 5.32 Å². The topological polar surface area (TPSA) is 68.0 Å². The first-order valence-electron chi connectivity index (χ1n) is 5.96. The van der Waals surface area contributed by atoms with Gasteiger partial charge in [0.1, 0.15) is 5.58 Å². The Morgan fingerprint density at radius 2 is 2.24 bits per heavy atom. The predicted octanol–water partition coefficient (Wildman–Crippen LogP) is 4.22. The quantitative estimate of drug-likeness (QED) is 0.571. The zero-order chi connectivity index (χ0) is 15.0. The minimum Gasteiger partial charge on any atom is -0.451 e. The summed E-state index contributed by atoms with van der Waals surface area (Å²) in [6, 6.07) is 5.26. The maximum atomic E-state index is 12.3. The SMILES string of the molecule is CSc1nnc(NC(=O)c2oc3ccc(Cl)cc3c2C)s1. The van der Waals surface area contributed by atoms with Crippen molar-refractivity contribution in [2.45, 2.75) is 11.3 Å². The number of amides is 1. The Morgan fingerprint density at radius 1 is 1.43 bits per heavy atom. The fraction of sp³-hybridized carbons (Fsp3) is 0.154. The molecule has 0 aliphatic carbocycles. The molecule has 1 N–H and O–H groups in total. The molecule has 2 heterocycles. The van der Waals surface area contributed by atoms with Crippen molar-refractivity contribution in [3.8, 4) is 0 Å². The molecule has 1 aromatic carbocycles. The standard InChI is InChI=1S/C13H10ClN3O2S2/c1-6-8-5-7(14)3-4-9(8)19-10(6)11(18)15-12-16-17-13(20-2)21-12/h3-5H,1-2H3,(H,15,16,18). The van der Waals surface area contributed by atoms with Gasteiger partial charge in [-0.15, -0.1) is 10.2 Å². The van der Waals surface area contributed by atoms with Crippen LogP contribution in [-0.4, -0.2) is 22.4 Å². The van der Waals surface area contributed by atoms with Gasteiger partial charge in [-0.1, -0.05) is 34.7 Å². The summed E-state index contributed by atoms with van der Waals surface area (Å²) in [6.45, 7) is 1.82. The van der Waals surface area contributed by atoms with Crippen LogP contribution in [0.15, 0.2) is 27.0 Å². The smallest absolute Gasteiger partial charge is 0.293 e. The Balaban J connectivity index is 1.92. The lowest BCUT2D eigenvalue weighted by Crippen LogP contribution is -2.11. The molecular formula is C13H10ClN3O2S2. The molecule has 3 aromatic rings. The van der Waals surface area contributed by atoms with Crippen molar-refractivity contribution < 1.29 is 9.21 Å². The molecule has 3 rings (SSSR count). The molecule has 108 valence electrons. The van der Waals surface area contributed by atoms with E-state index in [4.69, 9.17) is 16.0 Å². The molecular weight excluding hydrogens is 330 g/mol. The van der Waals surface area contributed by atoms with Crippen LogP contribution in [0.1, 0.15) is 16.1 Å². The largest absolute Gasteiger partial charge is 0.451 e. The van der Waals surface area contributed by atoms with Crippen molar-refractivity contribution >= 4 is 56.7 Å². The maximum Gasteiger partial charge on any atom is 0.293 e. The molecule has 5 nitrogen and oxygen atoms in total. The van der Waals surface area contributed by atoms with E-state index >= 15 is 0 Å². The molecule has 0 saturated carbocycles. The summed E-state index contributed by atoms with van der Waals surface area (Å²) in [5.74, 6) is -0.0863. The van der Waals surface area contributed by atoms with E-state index in [9.17, 15) is 4.79 Å². The van der Waals surface area contributed by atoms with Crippen LogP contribution in [0.25, 0.3) is 11.0 Å². The number of furan rings is 1. The zero-order valence-electron chi connectivity index (χ0n) is 11.1. The summed E-state index contributed by atoms with van der Waals surface area (Å²) in [5.41, 5.74) is 1.38. The lowest BCUT2D eigenvalue weighted by Gasteiger charge is -1.98. The third-order valence-corrected chi connectivity index (χ3v) is 4.96. The van der Waals surface area contributed by atoms with Gasteiger partial charge in [-0.3, -0.25) is 10.1 Å². The van der Waals surface area contributed by atoms with Crippen molar-refractivity contribution in [2.75, 3.05) is 11.6 Å². The lowest BCUT2D eigenvalue weighted by molar-refractivity contribution is 0.0998. The minimum absolute atomic E-state index is 0.258. The van der Waals surface area contributed by atoms with Crippen molar-refractivity contribution in [1.29, 1.82) is 0 Å². The van der Waals surface area contributed by atoms with E-state index in [0.717, 1.165) is 15.3 Å². The molecule has 0 spiro atoms. The Kier molecular flexibility index (Phi) is 3.88. The number of nitrogens with one attached hydrogen (secondary N) is 1. The molecule has 21 heavy (non-hydrogen) atoms. The van der Waals surface area contributed by atoms with E-state index in [2.05, 4.69) is 15.5 Å². The van der Waals surface area contributed by atoms with Crippen LogP contribution in [0.4, 0.5) is 5.13 Å². The first-order valence-corrected chi connectivity index (χ1v) is 8.38. The molecule has 0 bridgehead atoms. The van der Waals surface area contributed by atoms with E-state index in [1.165, 1.54) is 23.1 Å². The summed E-state index contributed by atoms with van der Waals surface area (Å²) in [5, 5.41) is 12.4. The molecule has 0 aliphatic heterocycles. The highest BCUT2D eigenvalue weighted by Crippen LogP contribution is 2.29. The molecule has 0 atom stereocenters. The Bertz CT molecular complexity index is 828. The fourth-order valence-corrected chi connectivity index (χ4v) is 3.24. The van der Waals surface area contributed by atoms with Crippen LogP contribution in [0, 0.1) is 6.92 Å². The number of carbonyl (C=O) groups is 1. The highest BCUT2D eigenvalue weighted by molar-refractivity contribution is 8.00. The van der Waals surface area contributed by atoms with Gasteiger partial charge in [0.15, 0.2) is 10.1 Å². The second-order valence-electron chi connectivity index (χ2n) is 4.23. The number of aryl methyl sites for hydroxylation is 1. The minimum atomic E-state index is -0.344. The van der Waals surface area contributed by atoms with Gasteiger partial charge in [-0.2, -0.15) is 0 Å². The van der Waals surface area contributed by atoms with E-state index in [0.29, 0.717) is 15.7 Å². The average molecular weight is 340 g/mol. The normalized spacial score (nSPS) is 11.0. The van der Waals surface area contributed by atoms with Gasteiger partial charge < -0.3 is 4.42 Å². The Morgan fingerprint density at radius 3 is 2.95 bits per heavy atom. The number of carbonyl (C=O) groups excluding carboxylic acids is 1. The highest BCUT2D eigenvalue weighted by Gasteiger charge is 2.19. The summed E-state index contributed by atoms with van der Waals surface area (Å²) < 4.78 is 6.39. The molecule has 2 aromatic heterocycles. The molecule has 0 unspecified atom stereocenters. The fourth-order valence-electron chi connectivity index (χ4n) is 1.91. The number of benzene rings is 1. The number of aromatic nitrogens is 2. The summed E-state index contributed by atoms with van der Waals surface area (Å²) in [7, 11) is 0. The van der Waals surface area contributed by atoms with Crippen molar-refractivity contribution in [2.24, 2.45) is 0 Å². The second kappa shape index (κ2) is 5.67. The number of nitrogens with zero attached hydrogens (tertiary/aromatic N) is 2. The monoisotopic (exact) mass is 339 g/mol. The number of hydrogen-bond donors (Lipinski definition) is 1. The van der Waals surface area contributed by atoms with Crippen molar-refractivity contribution in [3.05, 3.63) is 34.5 Å². The van der Waals surface area contributed by atoms with Crippen LogP contribution in [0.2, 0.25) is 5.02 Å². The molecule has 8 heteroatoms. The van der Waals surface area contributed by atoms with Gasteiger partial charge >= 0.3 is 0 Å². The lowest BCUT2D eigenvalue weighted by atomic mass is 10.1. The van der Waals surface area contributed by atoms with Gasteiger partial charge in [-0.05, 0) is 31.4 Å². The van der Waals surface area contributed by atoms with Crippen molar-refractivity contribution in [3.63, 3.8) is 0 Å². The highest BCUT2D eigenvalue weighted by atomic mass is 35.5. The van der Waals surface area contributed by atoms with Crippen LogP contribution in [0.3, 0.4) is 0 Å². The first kappa shape index (κ1) is 14.4. The third kappa shape index (κ3) is 2.76. The number of anilines is 1. The predicted molar refractivity (Wildman–Crippen MR) is 85.6 cm³/mol. The molecule has 0 aliphatic rings. The molecule has 0 radical (unpaired) electrons. The first-order chi connectivity index (χ1) is 10.1. The number of halogens is 1. The van der Waals surface area contributed by atoms with Crippen molar-refractivity contribution in [1.82, 2.24) is 10.2 Å². The summed E-state index contributed by atoms with van der Waals surface area (Å²) in [4.78, 5) is 12.3. The van der Waals surface area contributed by atoms with E-state index in [-0.39, 0.29) is 11.7 Å². The van der Waals surface area contributed by atoms with E-state index in [1.807, 2.05) is 13.2 Å². The molecule has 0 fully saturated rings.